The Balaban J connectivity index is 2.16. The second kappa shape index (κ2) is 10.8. The molecule has 0 unspecified atom stereocenters. The number of likely N-dealkylation sites (tertiary alicyclic amines) is 1. The Bertz CT molecular complexity index is 1310. The fourth-order valence-corrected chi connectivity index (χ4v) is 5.30. The number of amides is 1. The highest BCUT2D eigenvalue weighted by molar-refractivity contribution is 7.89. The molecule has 1 heterocycles. The molecule has 1 saturated heterocycles. The molecule has 3 rings (SSSR count). The lowest BCUT2D eigenvalue weighted by Gasteiger charge is -2.27. The zero-order valence-electron chi connectivity index (χ0n) is 22.6. The van der Waals surface area contributed by atoms with Gasteiger partial charge in [0, 0.05) is 26.2 Å². The van der Waals surface area contributed by atoms with Crippen LogP contribution in [0.3, 0.4) is 0 Å². The van der Waals surface area contributed by atoms with Gasteiger partial charge in [-0.25, -0.2) is 12.7 Å². The minimum atomic E-state index is -3.76. The second-order valence-electron chi connectivity index (χ2n) is 10.8. The lowest BCUT2D eigenvalue weighted by molar-refractivity contribution is -0.139. The van der Waals surface area contributed by atoms with Crippen molar-refractivity contribution < 1.29 is 23.1 Å². The molecule has 1 atom stereocenters. The normalized spacial score (nSPS) is 18.3. The molecular formula is C28H37N3O5S. The molecule has 2 aromatic rings. The van der Waals surface area contributed by atoms with E-state index in [9.17, 15) is 23.1 Å². The van der Waals surface area contributed by atoms with Crippen LogP contribution in [0.15, 0.2) is 59.0 Å². The van der Waals surface area contributed by atoms with Gasteiger partial charge in [-0.05, 0) is 55.7 Å². The van der Waals surface area contributed by atoms with E-state index in [1.54, 1.807) is 0 Å². The van der Waals surface area contributed by atoms with Gasteiger partial charge in [0.15, 0.2) is 0 Å². The van der Waals surface area contributed by atoms with Gasteiger partial charge in [-0.3, -0.25) is 9.59 Å². The quantitative estimate of drug-likeness (QED) is 0.320. The summed E-state index contributed by atoms with van der Waals surface area (Å²) < 4.78 is 26.4. The molecular weight excluding hydrogens is 490 g/mol. The molecule has 200 valence electrons. The van der Waals surface area contributed by atoms with Gasteiger partial charge in [-0.2, -0.15) is 0 Å². The van der Waals surface area contributed by atoms with Crippen molar-refractivity contribution in [1.29, 1.82) is 0 Å². The van der Waals surface area contributed by atoms with Gasteiger partial charge in [-0.15, -0.1) is 0 Å². The predicted octanol–water partition coefficient (Wildman–Crippen LogP) is 3.61. The highest BCUT2D eigenvalue weighted by atomic mass is 32.2. The number of benzene rings is 2. The Kier molecular flexibility index (Phi) is 8.31. The first-order valence-corrected chi connectivity index (χ1v) is 13.7. The van der Waals surface area contributed by atoms with Crippen LogP contribution in [0.5, 0.6) is 0 Å². The van der Waals surface area contributed by atoms with Gasteiger partial charge in [-0.1, -0.05) is 57.2 Å². The molecule has 1 fully saturated rings. The molecule has 8 nitrogen and oxygen atoms in total. The molecule has 0 spiro atoms. The molecule has 1 aliphatic rings. The van der Waals surface area contributed by atoms with E-state index in [-0.39, 0.29) is 21.4 Å². The summed E-state index contributed by atoms with van der Waals surface area (Å²) >= 11 is 0. The number of hydrogen-bond donors (Lipinski definition) is 1. The second-order valence-corrected chi connectivity index (χ2v) is 13.0. The Hall–Kier alpha value is -3.01. The van der Waals surface area contributed by atoms with Crippen LogP contribution in [0, 0.1) is 0 Å². The van der Waals surface area contributed by atoms with Gasteiger partial charge in [0.1, 0.15) is 5.76 Å². The Morgan fingerprint density at radius 1 is 1.00 bits per heavy atom. The van der Waals surface area contributed by atoms with Gasteiger partial charge >= 0.3 is 0 Å². The molecule has 0 saturated carbocycles. The third-order valence-corrected chi connectivity index (χ3v) is 8.33. The number of carbonyl (C=O) groups excluding carboxylic acids is 2. The lowest BCUT2D eigenvalue weighted by Crippen LogP contribution is -2.32. The van der Waals surface area contributed by atoms with Gasteiger partial charge in [0.25, 0.3) is 11.7 Å². The van der Waals surface area contributed by atoms with Crippen molar-refractivity contribution in [3.63, 3.8) is 0 Å². The molecule has 1 aliphatic heterocycles. The number of sulfonamides is 1. The van der Waals surface area contributed by atoms with E-state index >= 15 is 0 Å². The number of rotatable bonds is 8. The first kappa shape index (κ1) is 28.6. The molecule has 37 heavy (non-hydrogen) atoms. The number of nitrogens with zero attached hydrogens (tertiary/aromatic N) is 3. The van der Waals surface area contributed by atoms with Crippen LogP contribution in [0.25, 0.3) is 5.76 Å². The Morgan fingerprint density at radius 3 is 2.16 bits per heavy atom. The van der Waals surface area contributed by atoms with E-state index in [4.69, 9.17) is 0 Å². The topological polar surface area (TPSA) is 98.2 Å². The summed E-state index contributed by atoms with van der Waals surface area (Å²) in [5, 5.41) is 11.3. The molecule has 0 bridgehead atoms. The summed E-state index contributed by atoms with van der Waals surface area (Å²) in [4.78, 5) is 29.9. The SMILES string of the molecule is CN(C)CCCN1C(=O)C(=O)C(=C(O)c2cccc(S(=O)(=O)N(C)C)c2)[C@H]1c1ccc(C(C)(C)C)cc1. The summed E-state index contributed by atoms with van der Waals surface area (Å²) in [5.41, 5.74) is 1.84. The minimum Gasteiger partial charge on any atom is -0.507 e. The van der Waals surface area contributed by atoms with Crippen LogP contribution in [-0.2, 0) is 25.0 Å². The average molecular weight is 528 g/mol. The highest BCUT2D eigenvalue weighted by Gasteiger charge is 2.46. The van der Waals surface area contributed by atoms with E-state index in [0.717, 1.165) is 16.4 Å². The summed E-state index contributed by atoms with van der Waals surface area (Å²) in [7, 11) is 2.95. The fourth-order valence-electron chi connectivity index (χ4n) is 4.35. The maximum atomic E-state index is 13.3. The van der Waals surface area contributed by atoms with E-state index in [0.29, 0.717) is 18.5 Å². The third kappa shape index (κ3) is 5.95. The summed E-state index contributed by atoms with van der Waals surface area (Å²) in [5.74, 6) is -1.86. The zero-order chi connectivity index (χ0) is 27.7. The van der Waals surface area contributed by atoms with Gasteiger partial charge in [0.2, 0.25) is 10.0 Å². The zero-order valence-corrected chi connectivity index (χ0v) is 23.5. The van der Waals surface area contributed by atoms with Gasteiger partial charge < -0.3 is 14.9 Å². The number of Topliss-reactive ketones (excluding diaryl/α,β-unsaturated/α-hetero) is 1. The maximum absolute atomic E-state index is 13.3. The molecule has 0 radical (unpaired) electrons. The first-order chi connectivity index (χ1) is 17.2. The number of ketones is 1. The summed E-state index contributed by atoms with van der Waals surface area (Å²) in [6, 6.07) is 12.7. The number of hydrogen-bond acceptors (Lipinski definition) is 6. The van der Waals surface area contributed by atoms with E-state index in [1.807, 2.05) is 43.3 Å². The van der Waals surface area contributed by atoms with Crippen LogP contribution in [0.1, 0.15) is 49.9 Å². The molecule has 2 aromatic carbocycles. The number of carbonyl (C=O) groups is 2. The van der Waals surface area contributed by atoms with Crippen LogP contribution in [0.2, 0.25) is 0 Å². The van der Waals surface area contributed by atoms with Crippen molar-refractivity contribution in [2.24, 2.45) is 0 Å². The monoisotopic (exact) mass is 527 g/mol. The largest absolute Gasteiger partial charge is 0.507 e. The molecule has 1 N–H and O–H groups in total. The van der Waals surface area contributed by atoms with Gasteiger partial charge in [0.05, 0.1) is 16.5 Å². The summed E-state index contributed by atoms with van der Waals surface area (Å²) in [6.45, 7) is 7.36. The molecule has 0 aromatic heterocycles. The van der Waals surface area contributed by atoms with Crippen molar-refractivity contribution >= 4 is 27.5 Å². The van der Waals surface area contributed by atoms with Crippen LogP contribution in [-0.4, -0.2) is 80.6 Å². The smallest absolute Gasteiger partial charge is 0.295 e. The van der Waals surface area contributed by atoms with Crippen LogP contribution < -0.4 is 0 Å². The predicted molar refractivity (Wildman–Crippen MR) is 145 cm³/mol. The molecule has 1 amide bonds. The highest BCUT2D eigenvalue weighted by Crippen LogP contribution is 2.40. The van der Waals surface area contributed by atoms with E-state index in [2.05, 4.69) is 20.8 Å². The lowest BCUT2D eigenvalue weighted by atomic mass is 9.85. The Labute approximate surface area is 220 Å². The Morgan fingerprint density at radius 2 is 1.62 bits per heavy atom. The van der Waals surface area contributed by atoms with Crippen molar-refractivity contribution in [3.05, 3.63) is 70.8 Å². The molecule has 9 heteroatoms. The van der Waals surface area contributed by atoms with E-state index in [1.165, 1.54) is 43.3 Å². The molecule has 0 aliphatic carbocycles. The third-order valence-electron chi connectivity index (χ3n) is 6.52. The van der Waals surface area contributed by atoms with Crippen molar-refractivity contribution in [3.8, 4) is 0 Å². The van der Waals surface area contributed by atoms with Crippen molar-refractivity contribution in [2.75, 3.05) is 41.3 Å². The van der Waals surface area contributed by atoms with Crippen molar-refractivity contribution in [2.45, 2.75) is 43.5 Å². The van der Waals surface area contributed by atoms with Crippen LogP contribution in [0.4, 0.5) is 0 Å². The number of aliphatic hydroxyl groups is 1. The summed E-state index contributed by atoms with van der Waals surface area (Å²) in [6.07, 6.45) is 0.646. The van der Waals surface area contributed by atoms with E-state index < -0.39 is 33.5 Å². The fraction of sp³-hybridized carbons (Fsp3) is 0.429. The number of aliphatic hydroxyl groups excluding tert-OH is 1. The maximum Gasteiger partial charge on any atom is 0.295 e. The minimum absolute atomic E-state index is 0.0205. The van der Waals surface area contributed by atoms with Crippen LogP contribution >= 0.6 is 0 Å². The standard InChI is InChI=1S/C28H37N3O5S/c1-28(2,3)21-14-12-19(13-15-21)24-23(26(33)27(34)31(24)17-9-16-29(4)5)25(32)20-10-8-11-22(18-20)37(35,36)30(6)7/h8,10-15,18,24,32H,9,16-17H2,1-7H3/t24-/m1/s1. The van der Waals surface area contributed by atoms with Crippen molar-refractivity contribution in [1.82, 2.24) is 14.1 Å². The first-order valence-electron chi connectivity index (χ1n) is 12.2. The average Bonchev–Trinajstić information content (AvgIpc) is 3.08.